The molecular formula is C14H20N2O5. The molecule has 0 heterocycles. The van der Waals surface area contributed by atoms with Crippen molar-refractivity contribution in [1.82, 2.24) is 0 Å². The Morgan fingerprint density at radius 3 is 2.57 bits per heavy atom. The van der Waals surface area contributed by atoms with Gasteiger partial charge in [-0.3, -0.25) is 10.1 Å². The second-order valence-electron chi connectivity index (χ2n) is 5.11. The number of hydrogen-bond donors (Lipinski definition) is 1. The predicted molar refractivity (Wildman–Crippen MR) is 77.3 cm³/mol. The molecule has 0 aliphatic heterocycles. The molecule has 0 saturated carbocycles. The van der Waals surface area contributed by atoms with Gasteiger partial charge in [-0.1, -0.05) is 6.07 Å². The van der Waals surface area contributed by atoms with E-state index in [0.29, 0.717) is 5.56 Å². The molecule has 1 aromatic rings. The van der Waals surface area contributed by atoms with Crippen LogP contribution in [0, 0.1) is 24.0 Å². The third-order valence-corrected chi connectivity index (χ3v) is 2.85. The minimum atomic E-state index is -1.37. The molecule has 7 nitrogen and oxygen atoms in total. The number of ether oxygens (including phenoxy) is 2. The molecule has 0 aromatic heterocycles. The Balaban J connectivity index is 2.99. The number of nitro benzene ring substituents is 1. The molecular weight excluding hydrogens is 276 g/mol. The van der Waals surface area contributed by atoms with Crippen LogP contribution in [-0.2, 0) is 9.53 Å². The van der Waals surface area contributed by atoms with Gasteiger partial charge in [0.2, 0.25) is 0 Å². The van der Waals surface area contributed by atoms with Crippen molar-refractivity contribution in [2.24, 2.45) is 5.73 Å². The number of carbonyl (C=O) groups excluding carboxylic acids is 1. The molecule has 0 aliphatic rings. The first kappa shape index (κ1) is 16.9. The largest absolute Gasteiger partial charge is 0.484 e. The number of benzene rings is 1. The van der Waals surface area contributed by atoms with Gasteiger partial charge in [0, 0.05) is 6.07 Å². The first-order valence-corrected chi connectivity index (χ1v) is 6.53. The second kappa shape index (κ2) is 6.53. The maximum absolute atomic E-state index is 11.7. The molecule has 1 atom stereocenters. The summed E-state index contributed by atoms with van der Waals surface area (Å²) in [6.45, 7) is 6.58. The van der Waals surface area contributed by atoms with Crippen LogP contribution < -0.4 is 10.5 Å². The van der Waals surface area contributed by atoms with Gasteiger partial charge in [0.05, 0.1) is 11.5 Å². The monoisotopic (exact) mass is 296 g/mol. The van der Waals surface area contributed by atoms with Crippen molar-refractivity contribution in [3.05, 3.63) is 33.4 Å². The molecule has 0 aliphatic carbocycles. The fraction of sp³-hybridized carbons (Fsp3) is 0.500. The van der Waals surface area contributed by atoms with E-state index in [1.165, 1.54) is 13.0 Å². The van der Waals surface area contributed by atoms with Crippen LogP contribution in [0.25, 0.3) is 0 Å². The minimum absolute atomic E-state index is 0.117. The van der Waals surface area contributed by atoms with Gasteiger partial charge in [-0.25, -0.2) is 4.79 Å². The average Bonchev–Trinajstić information content (AvgIpc) is 2.36. The van der Waals surface area contributed by atoms with E-state index in [4.69, 9.17) is 15.2 Å². The summed E-state index contributed by atoms with van der Waals surface area (Å²) in [5, 5.41) is 11.1. The summed E-state index contributed by atoms with van der Waals surface area (Å²) < 4.78 is 10.3. The number of nitrogens with zero attached hydrogens (tertiary/aromatic N) is 1. The van der Waals surface area contributed by atoms with E-state index >= 15 is 0 Å². The highest BCUT2D eigenvalue weighted by molar-refractivity contribution is 5.80. The third kappa shape index (κ3) is 4.16. The number of rotatable bonds is 6. The third-order valence-electron chi connectivity index (χ3n) is 2.85. The average molecular weight is 296 g/mol. The van der Waals surface area contributed by atoms with Crippen molar-refractivity contribution in [2.45, 2.75) is 33.2 Å². The van der Waals surface area contributed by atoms with Crippen molar-refractivity contribution < 1.29 is 19.2 Å². The molecule has 1 rings (SSSR count). The predicted octanol–water partition coefficient (Wildman–Crippen LogP) is 1.87. The van der Waals surface area contributed by atoms with E-state index in [1.807, 2.05) is 0 Å². The van der Waals surface area contributed by atoms with Gasteiger partial charge in [0.25, 0.3) is 0 Å². The minimum Gasteiger partial charge on any atom is -0.484 e. The van der Waals surface area contributed by atoms with E-state index in [-0.39, 0.29) is 24.7 Å². The van der Waals surface area contributed by atoms with E-state index in [2.05, 4.69) is 0 Å². The van der Waals surface area contributed by atoms with Gasteiger partial charge >= 0.3 is 11.7 Å². The Bertz CT molecular complexity index is 555. The Kier molecular flexibility index (Phi) is 5.26. The Labute approximate surface area is 123 Å². The topological polar surface area (TPSA) is 105 Å². The first-order valence-electron chi connectivity index (χ1n) is 6.53. The molecule has 1 unspecified atom stereocenters. The van der Waals surface area contributed by atoms with Gasteiger partial charge in [0.1, 0.15) is 12.1 Å². The molecule has 0 amide bonds. The summed E-state index contributed by atoms with van der Waals surface area (Å²) in [5.74, 6) is -0.496. The molecule has 7 heteroatoms. The molecule has 0 fully saturated rings. The van der Waals surface area contributed by atoms with E-state index in [9.17, 15) is 14.9 Å². The lowest BCUT2D eigenvalue weighted by Gasteiger charge is -2.22. The molecule has 0 saturated heterocycles. The van der Waals surface area contributed by atoms with Crippen molar-refractivity contribution in [2.75, 3.05) is 13.2 Å². The normalized spacial score (nSPS) is 13.4. The van der Waals surface area contributed by atoms with Gasteiger partial charge < -0.3 is 15.2 Å². The van der Waals surface area contributed by atoms with Gasteiger partial charge in [-0.05, 0) is 38.8 Å². The Morgan fingerprint density at radius 1 is 1.43 bits per heavy atom. The van der Waals surface area contributed by atoms with Crippen LogP contribution in [0.1, 0.15) is 25.0 Å². The summed E-state index contributed by atoms with van der Waals surface area (Å²) in [7, 11) is 0. The quantitative estimate of drug-likeness (QED) is 0.488. The second-order valence-corrected chi connectivity index (χ2v) is 5.11. The van der Waals surface area contributed by atoms with Crippen molar-refractivity contribution >= 4 is 11.7 Å². The number of nitrogens with two attached hydrogens (primary N) is 1. The van der Waals surface area contributed by atoms with Crippen LogP contribution in [0.5, 0.6) is 5.75 Å². The SMILES string of the molecule is CCOC(=O)C(C)(N)COc1c(C)cc(C)cc1[N+](=O)[O-]. The van der Waals surface area contributed by atoms with E-state index in [0.717, 1.165) is 5.56 Å². The first-order chi connectivity index (χ1) is 9.69. The number of hydrogen-bond acceptors (Lipinski definition) is 6. The zero-order chi connectivity index (χ0) is 16.2. The highest BCUT2D eigenvalue weighted by Gasteiger charge is 2.32. The number of carbonyl (C=O) groups is 1. The van der Waals surface area contributed by atoms with Gasteiger partial charge in [-0.2, -0.15) is 0 Å². The molecule has 21 heavy (non-hydrogen) atoms. The zero-order valence-corrected chi connectivity index (χ0v) is 12.6. The van der Waals surface area contributed by atoms with E-state index in [1.54, 1.807) is 26.8 Å². The van der Waals surface area contributed by atoms with Crippen molar-refractivity contribution in [3.8, 4) is 5.75 Å². The molecule has 116 valence electrons. The van der Waals surface area contributed by atoms with Crippen LogP contribution in [0.15, 0.2) is 12.1 Å². The Morgan fingerprint density at radius 2 is 2.05 bits per heavy atom. The summed E-state index contributed by atoms with van der Waals surface area (Å²) in [6, 6.07) is 3.18. The number of nitro groups is 1. The lowest BCUT2D eigenvalue weighted by molar-refractivity contribution is -0.386. The summed E-state index contributed by atoms with van der Waals surface area (Å²) in [6.07, 6.45) is 0. The van der Waals surface area contributed by atoms with Crippen molar-refractivity contribution in [3.63, 3.8) is 0 Å². The van der Waals surface area contributed by atoms with E-state index < -0.39 is 16.4 Å². The summed E-state index contributed by atoms with van der Waals surface area (Å²) in [5.41, 5.74) is 5.68. The van der Waals surface area contributed by atoms with Crippen LogP contribution in [0.4, 0.5) is 5.69 Å². The maximum atomic E-state index is 11.7. The Hall–Kier alpha value is -2.15. The molecule has 1 aromatic carbocycles. The van der Waals surface area contributed by atoms with Crippen LogP contribution in [0.2, 0.25) is 0 Å². The lowest BCUT2D eigenvalue weighted by atomic mass is 10.1. The highest BCUT2D eigenvalue weighted by atomic mass is 16.6. The van der Waals surface area contributed by atoms with Crippen LogP contribution in [-0.4, -0.2) is 29.6 Å². The molecule has 2 N–H and O–H groups in total. The fourth-order valence-electron chi connectivity index (χ4n) is 1.83. The summed E-state index contributed by atoms with van der Waals surface area (Å²) >= 11 is 0. The van der Waals surface area contributed by atoms with Crippen molar-refractivity contribution in [1.29, 1.82) is 0 Å². The van der Waals surface area contributed by atoms with Crippen LogP contribution in [0.3, 0.4) is 0 Å². The zero-order valence-electron chi connectivity index (χ0n) is 12.6. The standard InChI is InChI=1S/C14H20N2O5/c1-5-20-13(17)14(4,15)8-21-12-10(3)6-9(2)7-11(12)16(18)19/h6-7H,5,8,15H2,1-4H3. The van der Waals surface area contributed by atoms with Gasteiger partial charge in [-0.15, -0.1) is 0 Å². The highest BCUT2D eigenvalue weighted by Crippen LogP contribution is 2.32. The maximum Gasteiger partial charge on any atom is 0.329 e. The number of aryl methyl sites for hydroxylation is 2. The molecule has 0 radical (unpaired) electrons. The number of esters is 1. The van der Waals surface area contributed by atoms with Crippen LogP contribution >= 0.6 is 0 Å². The van der Waals surface area contributed by atoms with Gasteiger partial charge in [0.15, 0.2) is 5.75 Å². The fourth-order valence-corrected chi connectivity index (χ4v) is 1.83. The summed E-state index contributed by atoms with van der Waals surface area (Å²) in [4.78, 5) is 22.3. The molecule has 0 bridgehead atoms. The smallest absolute Gasteiger partial charge is 0.329 e. The lowest BCUT2D eigenvalue weighted by Crippen LogP contribution is -2.51. The molecule has 0 spiro atoms.